The van der Waals surface area contributed by atoms with E-state index >= 15 is 0 Å². The van der Waals surface area contributed by atoms with Crippen molar-refractivity contribution >= 4 is 23.2 Å². The first-order valence-electron chi connectivity index (χ1n) is 5.37. The number of carbonyl (C=O) groups is 1. The van der Waals surface area contributed by atoms with Gasteiger partial charge in [0.25, 0.3) is 0 Å². The average Bonchev–Trinajstić information content (AvgIpc) is 2.72. The molecule has 1 aliphatic heterocycles. The van der Waals surface area contributed by atoms with Gasteiger partial charge in [0.05, 0.1) is 0 Å². The van der Waals surface area contributed by atoms with Gasteiger partial charge in [-0.1, -0.05) is 25.7 Å². The van der Waals surface area contributed by atoms with Crippen LogP contribution in [0.3, 0.4) is 0 Å². The molecule has 3 nitrogen and oxygen atoms in total. The zero-order chi connectivity index (χ0) is 9.97. The Morgan fingerprint density at radius 3 is 2.57 bits per heavy atom. The highest BCUT2D eigenvalue weighted by Gasteiger charge is 2.27. The zero-order valence-electron chi connectivity index (χ0n) is 8.21. The van der Waals surface area contributed by atoms with E-state index in [1.54, 1.807) is 0 Å². The van der Waals surface area contributed by atoms with Gasteiger partial charge in [-0.15, -0.1) is 0 Å². The van der Waals surface area contributed by atoms with Gasteiger partial charge in [-0.3, -0.25) is 4.79 Å². The third-order valence-corrected chi connectivity index (χ3v) is 3.42. The van der Waals surface area contributed by atoms with Gasteiger partial charge in [0.15, 0.2) is 5.11 Å². The number of nitrogens with one attached hydrogen (secondary N) is 2. The fourth-order valence-electron chi connectivity index (χ4n) is 2.36. The summed E-state index contributed by atoms with van der Waals surface area (Å²) in [6, 6.07) is -0.0666. The molecule has 1 atom stereocenters. The first kappa shape index (κ1) is 9.90. The number of amides is 1. The fraction of sp³-hybridized carbons (Fsp3) is 0.800. The van der Waals surface area contributed by atoms with Gasteiger partial charge in [-0.2, -0.15) is 0 Å². The van der Waals surface area contributed by atoms with Gasteiger partial charge in [0, 0.05) is 0 Å². The molecule has 1 amide bonds. The lowest BCUT2D eigenvalue weighted by Crippen LogP contribution is -2.29. The van der Waals surface area contributed by atoms with Crippen molar-refractivity contribution in [2.24, 2.45) is 5.92 Å². The summed E-state index contributed by atoms with van der Waals surface area (Å²) in [6.45, 7) is 0. The van der Waals surface area contributed by atoms with Crippen LogP contribution in [0.25, 0.3) is 0 Å². The van der Waals surface area contributed by atoms with Crippen molar-refractivity contribution in [1.29, 1.82) is 0 Å². The van der Waals surface area contributed by atoms with Crippen molar-refractivity contribution in [2.75, 3.05) is 0 Å². The van der Waals surface area contributed by atoms with Crippen molar-refractivity contribution in [3.05, 3.63) is 0 Å². The normalized spacial score (nSPS) is 27.9. The molecule has 4 heteroatoms. The van der Waals surface area contributed by atoms with Crippen molar-refractivity contribution in [1.82, 2.24) is 10.6 Å². The van der Waals surface area contributed by atoms with Crippen LogP contribution in [-0.4, -0.2) is 17.1 Å². The Hall–Kier alpha value is -0.640. The van der Waals surface area contributed by atoms with Crippen LogP contribution in [0.1, 0.15) is 38.5 Å². The molecule has 0 aromatic rings. The lowest BCUT2D eigenvalue weighted by molar-refractivity contribution is -0.120. The average molecular weight is 212 g/mol. The molecule has 2 N–H and O–H groups in total. The Morgan fingerprint density at radius 2 is 2.00 bits per heavy atom. The van der Waals surface area contributed by atoms with Crippen LogP contribution in [0.15, 0.2) is 0 Å². The molecule has 1 unspecified atom stereocenters. The van der Waals surface area contributed by atoms with Crippen LogP contribution < -0.4 is 10.6 Å². The predicted octanol–water partition coefficient (Wildman–Crippen LogP) is 1.33. The number of rotatable bonds is 3. The van der Waals surface area contributed by atoms with Gasteiger partial charge in [-0.05, 0) is 31.0 Å². The second-order valence-electron chi connectivity index (χ2n) is 4.24. The molecule has 1 heterocycles. The van der Waals surface area contributed by atoms with Gasteiger partial charge >= 0.3 is 0 Å². The highest BCUT2D eigenvalue weighted by molar-refractivity contribution is 7.80. The Kier molecular flexibility index (Phi) is 3.01. The van der Waals surface area contributed by atoms with Gasteiger partial charge in [0.2, 0.25) is 5.91 Å². The molecule has 1 saturated heterocycles. The second-order valence-corrected chi connectivity index (χ2v) is 4.65. The molecule has 1 aliphatic carbocycles. The van der Waals surface area contributed by atoms with Crippen LogP contribution in [0, 0.1) is 5.92 Å². The van der Waals surface area contributed by atoms with Crippen LogP contribution in [0.4, 0.5) is 0 Å². The SMILES string of the molecule is O=C1NC(=S)NC1CCC1CCCC1. The van der Waals surface area contributed by atoms with E-state index in [-0.39, 0.29) is 11.9 Å². The van der Waals surface area contributed by atoms with E-state index < -0.39 is 0 Å². The van der Waals surface area contributed by atoms with Gasteiger partial charge in [-0.25, -0.2) is 0 Å². The Bertz CT molecular complexity index is 249. The summed E-state index contributed by atoms with van der Waals surface area (Å²) in [6.07, 6.45) is 7.52. The lowest BCUT2D eigenvalue weighted by Gasteiger charge is -2.11. The molecule has 0 spiro atoms. The molecule has 0 aromatic heterocycles. The monoisotopic (exact) mass is 212 g/mol. The van der Waals surface area contributed by atoms with E-state index in [2.05, 4.69) is 10.6 Å². The third kappa shape index (κ3) is 2.23. The van der Waals surface area contributed by atoms with Crippen molar-refractivity contribution in [3.63, 3.8) is 0 Å². The number of hydrogen-bond acceptors (Lipinski definition) is 2. The van der Waals surface area contributed by atoms with Crippen LogP contribution in [0.5, 0.6) is 0 Å². The molecule has 2 rings (SSSR count). The third-order valence-electron chi connectivity index (χ3n) is 3.20. The minimum absolute atomic E-state index is 0.0491. The minimum Gasteiger partial charge on any atom is -0.351 e. The van der Waals surface area contributed by atoms with Crippen LogP contribution in [0.2, 0.25) is 0 Å². The molecular formula is C10H16N2OS. The van der Waals surface area contributed by atoms with E-state index in [4.69, 9.17) is 12.2 Å². The highest BCUT2D eigenvalue weighted by atomic mass is 32.1. The molecule has 2 aliphatic rings. The summed E-state index contributed by atoms with van der Waals surface area (Å²) in [7, 11) is 0. The first-order valence-corrected chi connectivity index (χ1v) is 5.78. The highest BCUT2D eigenvalue weighted by Crippen LogP contribution is 2.29. The Morgan fingerprint density at radius 1 is 1.29 bits per heavy atom. The molecule has 2 fully saturated rings. The predicted molar refractivity (Wildman–Crippen MR) is 58.9 cm³/mol. The summed E-state index contributed by atoms with van der Waals surface area (Å²) in [5, 5.41) is 6.11. The van der Waals surface area contributed by atoms with Gasteiger partial charge < -0.3 is 10.6 Å². The molecular weight excluding hydrogens is 196 g/mol. The minimum atomic E-state index is -0.0666. The van der Waals surface area contributed by atoms with Crippen molar-refractivity contribution < 1.29 is 4.79 Å². The maximum absolute atomic E-state index is 11.3. The van der Waals surface area contributed by atoms with E-state index in [1.165, 1.54) is 25.7 Å². The van der Waals surface area contributed by atoms with Crippen LogP contribution in [-0.2, 0) is 4.79 Å². The quantitative estimate of drug-likeness (QED) is 0.693. The summed E-state index contributed by atoms with van der Waals surface area (Å²) >= 11 is 4.88. The fourth-order valence-corrected chi connectivity index (χ4v) is 2.61. The molecule has 0 aromatic carbocycles. The molecule has 0 bridgehead atoms. The zero-order valence-corrected chi connectivity index (χ0v) is 9.03. The maximum atomic E-state index is 11.3. The lowest BCUT2D eigenvalue weighted by atomic mass is 9.99. The van der Waals surface area contributed by atoms with E-state index in [1.807, 2.05) is 0 Å². The maximum Gasteiger partial charge on any atom is 0.248 e. The van der Waals surface area contributed by atoms with E-state index in [0.29, 0.717) is 5.11 Å². The largest absolute Gasteiger partial charge is 0.351 e. The first-order chi connectivity index (χ1) is 6.75. The molecule has 78 valence electrons. The summed E-state index contributed by atoms with van der Waals surface area (Å²) in [4.78, 5) is 11.3. The summed E-state index contributed by atoms with van der Waals surface area (Å²) < 4.78 is 0. The Balaban J connectivity index is 1.74. The topological polar surface area (TPSA) is 41.1 Å². The number of hydrogen-bond donors (Lipinski definition) is 2. The smallest absolute Gasteiger partial charge is 0.248 e. The van der Waals surface area contributed by atoms with Crippen molar-refractivity contribution in [3.8, 4) is 0 Å². The van der Waals surface area contributed by atoms with E-state index in [9.17, 15) is 4.79 Å². The summed E-state index contributed by atoms with van der Waals surface area (Å²) in [5.74, 6) is 0.895. The molecule has 1 saturated carbocycles. The molecule has 0 radical (unpaired) electrons. The van der Waals surface area contributed by atoms with Crippen molar-refractivity contribution in [2.45, 2.75) is 44.6 Å². The van der Waals surface area contributed by atoms with Gasteiger partial charge in [0.1, 0.15) is 6.04 Å². The standard InChI is InChI=1S/C10H16N2OS/c13-9-8(11-10(14)12-9)6-5-7-3-1-2-4-7/h7-8H,1-6H2,(H2,11,12,13,14). The number of thiocarbonyl (C=S) groups is 1. The Labute approximate surface area is 89.6 Å². The van der Waals surface area contributed by atoms with E-state index in [0.717, 1.165) is 18.8 Å². The summed E-state index contributed by atoms with van der Waals surface area (Å²) in [5.41, 5.74) is 0. The number of carbonyl (C=O) groups excluding carboxylic acids is 1. The second kappa shape index (κ2) is 4.26. The van der Waals surface area contributed by atoms with Crippen LogP contribution >= 0.6 is 12.2 Å². The molecule has 14 heavy (non-hydrogen) atoms.